The van der Waals surface area contributed by atoms with Gasteiger partial charge in [-0.2, -0.15) is 26.8 Å². The van der Waals surface area contributed by atoms with Crippen LogP contribution in [0.15, 0.2) is 115 Å². The van der Waals surface area contributed by atoms with E-state index in [9.17, 15) is 56.6 Å². The van der Waals surface area contributed by atoms with Gasteiger partial charge in [-0.3, -0.25) is 29.0 Å². The molecule has 0 bridgehead atoms. The molecule has 0 saturated heterocycles. The molecular formula is C40H44N12O12S2. The summed E-state index contributed by atoms with van der Waals surface area (Å²) in [5, 5.41) is 58.4. The molecule has 0 aliphatic heterocycles. The standard InChI is InChI=1S/C40H44N12O12S2/c53-17-13-51(14-18-54)39-47-35(41-27-3-1-5-31(57)21-27)45-37(49-39)43-29-11-9-25(33(23-29)65(59,60)61)7-8-26-10-12-30(24-34(26)66(62,63)64)44-38-46-36(42-28-4-2-6-32(58)22-28)48-40(50-38)52(15-19-55)16-20-56/h1-12,21-24,53-58H,13-20H2,(H,59,60,61)(H,62,63,64)(H2,41,43,45,47,49)(H2,42,44,46,48,50)/b8-7+. The summed E-state index contributed by atoms with van der Waals surface area (Å²) in [6.07, 6.45) is 2.38. The van der Waals surface area contributed by atoms with Crippen LogP contribution in [0.3, 0.4) is 0 Å². The molecule has 26 heteroatoms. The minimum absolute atomic E-state index is 0.0187. The number of phenolic OH excluding ortho intramolecular Hbond substituents is 2. The molecule has 6 aromatic rings. The lowest BCUT2D eigenvalue weighted by Crippen LogP contribution is -2.37. The van der Waals surface area contributed by atoms with Gasteiger partial charge in [0.05, 0.1) is 49.2 Å². The monoisotopic (exact) mass is 948 g/mol. The number of anilines is 2. The molecule has 2 heterocycles. The van der Waals surface area contributed by atoms with E-state index in [1.807, 2.05) is 0 Å². The van der Waals surface area contributed by atoms with Crippen LogP contribution >= 0.6 is 0 Å². The van der Waals surface area contributed by atoms with Gasteiger partial charge in [-0.25, -0.2) is 20.0 Å². The number of aliphatic hydroxyl groups is 4. The zero-order valence-corrected chi connectivity index (χ0v) is 36.1. The third-order valence-corrected chi connectivity index (χ3v) is 10.8. The van der Waals surface area contributed by atoms with Gasteiger partial charge in [0.1, 0.15) is 21.3 Å². The molecule has 6 rings (SSSR count). The Morgan fingerprint density at radius 1 is 0.500 bits per heavy atom. The van der Waals surface area contributed by atoms with E-state index in [0.29, 0.717) is 11.4 Å². The van der Waals surface area contributed by atoms with Crippen molar-refractivity contribution in [1.82, 2.24) is 29.9 Å². The van der Waals surface area contributed by atoms with Crippen LogP contribution in [0.5, 0.6) is 11.5 Å². The van der Waals surface area contributed by atoms with Gasteiger partial charge in [0.2, 0.25) is 34.4 Å². The lowest BCUT2D eigenvalue weighted by molar-refractivity contribution is 0.279. The molecule has 348 valence electrons. The van der Waals surface area contributed by atoms with E-state index in [1.165, 1.54) is 70.5 Å². The Morgan fingerprint density at radius 2 is 0.864 bits per heavy atom. The number of hydrogen-bond donors (Lipinski definition) is 12. The summed E-state index contributed by atoms with van der Waals surface area (Å²) in [7, 11) is -9.92. The first-order valence-corrected chi connectivity index (χ1v) is 22.5. The van der Waals surface area contributed by atoms with Gasteiger partial charge in [-0.1, -0.05) is 36.4 Å². The van der Waals surface area contributed by atoms with Gasteiger partial charge in [0.15, 0.2) is 0 Å². The number of rotatable bonds is 18. The van der Waals surface area contributed by atoms with Gasteiger partial charge in [-0.15, -0.1) is 0 Å². The maximum Gasteiger partial charge on any atom is 0.295 e. The van der Waals surface area contributed by atoms with Crippen LogP contribution in [0.25, 0.3) is 12.2 Å². The van der Waals surface area contributed by atoms with Crippen molar-refractivity contribution >= 4 is 67.0 Å². The van der Waals surface area contributed by atoms with E-state index in [4.69, 9.17) is 0 Å². The largest absolute Gasteiger partial charge is 0.508 e. The highest BCUT2D eigenvalue weighted by atomic mass is 32.2. The van der Waals surface area contributed by atoms with E-state index in [2.05, 4.69) is 49.9 Å². The summed E-state index contributed by atoms with van der Waals surface area (Å²) in [6, 6.07) is 19.3. The molecule has 66 heavy (non-hydrogen) atoms. The average Bonchev–Trinajstić information content (AvgIpc) is 3.25. The summed E-state index contributed by atoms with van der Waals surface area (Å²) < 4.78 is 71.5. The SMILES string of the molecule is O=S(=O)(O)c1cc(N=c2[nH]c(N(CCO)CCO)nc(=Nc3cccc(O)c3)[nH]2)ccc1/C=C/c1ccc(N=c2[nH]c(N(CCO)CCO)nc(=Nc3cccc(O)c3)[nH]2)cc1S(=O)(=O)O. The second-order valence-corrected chi connectivity index (χ2v) is 16.6. The number of phenols is 2. The van der Waals surface area contributed by atoms with Crippen LogP contribution in [-0.2, 0) is 20.2 Å². The van der Waals surface area contributed by atoms with Gasteiger partial charge in [-0.05, 0) is 59.7 Å². The van der Waals surface area contributed by atoms with Crippen LogP contribution in [0, 0.1) is 0 Å². The highest BCUT2D eigenvalue weighted by molar-refractivity contribution is 7.86. The van der Waals surface area contributed by atoms with Crippen molar-refractivity contribution in [2.24, 2.45) is 20.0 Å². The summed E-state index contributed by atoms with van der Waals surface area (Å²) in [6.45, 7) is -1.04. The summed E-state index contributed by atoms with van der Waals surface area (Å²) in [4.78, 5) is 39.6. The number of benzene rings is 4. The average molecular weight is 949 g/mol. The number of aliphatic hydroxyl groups excluding tert-OH is 4. The fourth-order valence-electron chi connectivity index (χ4n) is 6.16. The molecule has 0 radical (unpaired) electrons. The van der Waals surface area contributed by atoms with Crippen LogP contribution in [0.4, 0.5) is 34.6 Å². The molecule has 0 spiro atoms. The quantitative estimate of drug-likeness (QED) is 0.0409. The van der Waals surface area contributed by atoms with Crippen molar-refractivity contribution in [3.8, 4) is 11.5 Å². The fraction of sp³-hybridized carbons (Fsp3) is 0.200. The maximum absolute atomic E-state index is 12.7. The molecule has 24 nitrogen and oxygen atoms in total. The fourth-order valence-corrected chi connectivity index (χ4v) is 7.57. The van der Waals surface area contributed by atoms with Gasteiger partial charge < -0.3 is 40.4 Å². The smallest absolute Gasteiger partial charge is 0.295 e. The number of nitrogens with zero attached hydrogens (tertiary/aromatic N) is 8. The third-order valence-electron chi connectivity index (χ3n) is 9.03. The topological polar surface area (TPSA) is 375 Å². The molecule has 0 amide bonds. The van der Waals surface area contributed by atoms with Gasteiger partial charge >= 0.3 is 0 Å². The number of hydrogen-bond acceptors (Lipinski definition) is 18. The molecule has 0 aliphatic carbocycles. The van der Waals surface area contributed by atoms with E-state index < -0.39 is 30.0 Å². The normalized spacial score (nSPS) is 13.2. The molecule has 12 N–H and O–H groups in total. The Morgan fingerprint density at radius 3 is 1.20 bits per heavy atom. The van der Waals surface area contributed by atoms with Crippen LogP contribution in [0.1, 0.15) is 11.1 Å². The first-order chi connectivity index (χ1) is 31.5. The van der Waals surface area contributed by atoms with Crippen molar-refractivity contribution in [3.05, 3.63) is 119 Å². The number of aromatic amines is 4. The predicted octanol–water partition coefficient (Wildman–Crippen LogP) is 0.376. The van der Waals surface area contributed by atoms with E-state index in [0.717, 1.165) is 12.1 Å². The Hall–Kier alpha value is -7.30. The van der Waals surface area contributed by atoms with E-state index in [-0.39, 0.29) is 121 Å². The Labute approximate surface area is 374 Å². The minimum atomic E-state index is -4.96. The summed E-state index contributed by atoms with van der Waals surface area (Å²) >= 11 is 0. The van der Waals surface area contributed by atoms with Gasteiger partial charge in [0.25, 0.3) is 20.2 Å². The molecular weight excluding hydrogens is 905 g/mol. The zero-order valence-electron chi connectivity index (χ0n) is 34.5. The minimum Gasteiger partial charge on any atom is -0.508 e. The summed E-state index contributed by atoms with van der Waals surface area (Å²) in [5.41, 5.74) is 0.190. The van der Waals surface area contributed by atoms with E-state index in [1.54, 1.807) is 24.3 Å². The second kappa shape index (κ2) is 21.6. The molecule has 2 aromatic heterocycles. The van der Waals surface area contributed by atoms with Crippen LogP contribution < -0.4 is 32.3 Å². The molecule has 0 aliphatic rings. The number of H-pyrrole nitrogens is 4. The Bertz CT molecular complexity index is 3010. The second-order valence-electron chi connectivity index (χ2n) is 13.8. The van der Waals surface area contributed by atoms with Crippen molar-refractivity contribution in [2.45, 2.75) is 9.79 Å². The van der Waals surface area contributed by atoms with Crippen molar-refractivity contribution in [2.75, 3.05) is 62.4 Å². The lowest BCUT2D eigenvalue weighted by Gasteiger charge is -2.20. The number of aromatic nitrogens is 6. The molecule has 0 atom stereocenters. The Balaban J connectivity index is 1.41. The van der Waals surface area contributed by atoms with Gasteiger partial charge in [0, 0.05) is 38.3 Å². The van der Waals surface area contributed by atoms with Crippen molar-refractivity contribution in [3.63, 3.8) is 0 Å². The molecule has 4 aromatic carbocycles. The molecule has 0 unspecified atom stereocenters. The maximum atomic E-state index is 12.7. The number of aromatic hydroxyl groups is 2. The predicted molar refractivity (Wildman–Crippen MR) is 237 cm³/mol. The van der Waals surface area contributed by atoms with E-state index >= 15 is 0 Å². The first kappa shape index (κ1) is 48.2. The van der Waals surface area contributed by atoms with Crippen molar-refractivity contribution < 1.29 is 56.6 Å². The lowest BCUT2D eigenvalue weighted by atomic mass is 10.1. The number of nitrogens with one attached hydrogen (secondary N) is 4. The third kappa shape index (κ3) is 13.1. The Kier molecular flexibility index (Phi) is 15.8. The first-order valence-electron chi connectivity index (χ1n) is 19.6. The molecule has 0 saturated carbocycles. The highest BCUT2D eigenvalue weighted by Gasteiger charge is 2.18. The summed E-state index contributed by atoms with van der Waals surface area (Å²) in [5.74, 6) is 0.0784. The molecule has 0 fully saturated rings. The zero-order chi connectivity index (χ0) is 47.4. The highest BCUT2D eigenvalue weighted by Crippen LogP contribution is 2.28. The van der Waals surface area contributed by atoms with Crippen molar-refractivity contribution in [1.29, 1.82) is 0 Å². The van der Waals surface area contributed by atoms with Crippen LogP contribution in [0.2, 0.25) is 0 Å². The van der Waals surface area contributed by atoms with Crippen LogP contribution in [-0.4, -0.2) is 139 Å².